The number of furan rings is 1. The molecule has 228 valence electrons. The van der Waals surface area contributed by atoms with Crippen LogP contribution in [-0.4, -0.2) is 9.97 Å². The molecule has 0 N–H and O–H groups in total. The van der Waals surface area contributed by atoms with Gasteiger partial charge < -0.3 is 4.42 Å². The van der Waals surface area contributed by atoms with Crippen molar-refractivity contribution in [2.75, 3.05) is 0 Å². The Morgan fingerprint density at radius 3 is 1.61 bits per heavy atom. The van der Waals surface area contributed by atoms with E-state index < -0.39 is 0 Å². The summed E-state index contributed by atoms with van der Waals surface area (Å²) in [6.45, 7) is 0. The van der Waals surface area contributed by atoms with Crippen molar-refractivity contribution in [1.82, 2.24) is 9.97 Å². The molecule has 8 aromatic carbocycles. The van der Waals surface area contributed by atoms with Crippen LogP contribution in [0.3, 0.4) is 0 Å². The van der Waals surface area contributed by atoms with Gasteiger partial charge in [-0.2, -0.15) is 0 Å². The second kappa shape index (κ2) is 11.0. The number of fused-ring (bicyclic) bond motifs is 9. The van der Waals surface area contributed by atoms with E-state index in [0.717, 1.165) is 88.4 Å². The van der Waals surface area contributed by atoms with Crippen LogP contribution < -0.4 is 0 Å². The highest BCUT2D eigenvalue weighted by molar-refractivity contribution is 6.23. The first kappa shape index (κ1) is 27.5. The van der Waals surface area contributed by atoms with Gasteiger partial charge in [0.2, 0.25) is 0 Å². The number of hydrogen-bond donors (Lipinski definition) is 0. The molecule has 0 aliphatic heterocycles. The van der Waals surface area contributed by atoms with Crippen LogP contribution in [0, 0.1) is 0 Å². The quantitative estimate of drug-likeness (QED) is 0.183. The minimum Gasteiger partial charge on any atom is -0.455 e. The van der Waals surface area contributed by atoms with Crippen molar-refractivity contribution in [2.45, 2.75) is 0 Å². The van der Waals surface area contributed by atoms with Crippen molar-refractivity contribution in [3.05, 3.63) is 170 Å². The first-order valence-electron chi connectivity index (χ1n) is 16.6. The Labute approximate surface area is 282 Å². The highest BCUT2D eigenvalue weighted by Gasteiger charge is 2.16. The van der Waals surface area contributed by atoms with Gasteiger partial charge >= 0.3 is 0 Å². The second-order valence-corrected chi connectivity index (χ2v) is 12.5. The third-order valence-electron chi connectivity index (χ3n) is 9.71. The average Bonchev–Trinajstić information content (AvgIpc) is 3.57. The third kappa shape index (κ3) is 4.44. The molecule has 0 atom stereocenters. The maximum absolute atomic E-state index is 6.38. The Kier molecular flexibility index (Phi) is 6.18. The van der Waals surface area contributed by atoms with E-state index >= 15 is 0 Å². The molecule has 2 aromatic heterocycles. The van der Waals surface area contributed by atoms with Gasteiger partial charge in [0.1, 0.15) is 11.2 Å². The fraction of sp³-hybridized carbons (Fsp3) is 0. The van der Waals surface area contributed by atoms with Gasteiger partial charge in [0.15, 0.2) is 0 Å². The molecule has 49 heavy (non-hydrogen) atoms. The maximum atomic E-state index is 6.38. The lowest BCUT2D eigenvalue weighted by Crippen LogP contribution is -1.94. The fourth-order valence-electron chi connectivity index (χ4n) is 7.42. The van der Waals surface area contributed by atoms with Crippen LogP contribution >= 0.6 is 0 Å². The summed E-state index contributed by atoms with van der Waals surface area (Å²) in [6.07, 6.45) is 1.92. The Bertz CT molecular complexity index is 2870. The van der Waals surface area contributed by atoms with Gasteiger partial charge in [0.05, 0.1) is 22.9 Å². The van der Waals surface area contributed by atoms with Gasteiger partial charge in [-0.15, -0.1) is 0 Å². The van der Waals surface area contributed by atoms with Crippen molar-refractivity contribution in [3.8, 4) is 44.6 Å². The number of aromatic nitrogens is 2. The molecular weight excluding hydrogens is 597 g/mol. The molecule has 0 saturated heterocycles. The van der Waals surface area contributed by atoms with Gasteiger partial charge in [-0.25, -0.2) is 4.98 Å². The molecule has 0 spiro atoms. The van der Waals surface area contributed by atoms with Gasteiger partial charge in [-0.3, -0.25) is 4.98 Å². The predicted molar refractivity (Wildman–Crippen MR) is 204 cm³/mol. The van der Waals surface area contributed by atoms with Crippen LogP contribution in [0.25, 0.3) is 99.2 Å². The molecule has 0 aliphatic carbocycles. The molecule has 0 saturated carbocycles. The number of rotatable bonds is 4. The van der Waals surface area contributed by atoms with Crippen LogP contribution in [-0.2, 0) is 0 Å². The molecule has 10 aromatic rings. The minimum atomic E-state index is 0.856. The summed E-state index contributed by atoms with van der Waals surface area (Å²) in [5, 5.41) is 6.90. The summed E-state index contributed by atoms with van der Waals surface area (Å²) >= 11 is 0. The van der Waals surface area contributed by atoms with Gasteiger partial charge in [0, 0.05) is 32.7 Å². The van der Waals surface area contributed by atoms with E-state index in [0.29, 0.717) is 0 Å². The lowest BCUT2D eigenvalue weighted by molar-refractivity contribution is 0.670. The minimum absolute atomic E-state index is 0.856. The van der Waals surface area contributed by atoms with Crippen molar-refractivity contribution in [2.24, 2.45) is 0 Å². The van der Waals surface area contributed by atoms with Gasteiger partial charge in [-0.05, 0) is 56.8 Å². The topological polar surface area (TPSA) is 38.9 Å². The molecule has 0 amide bonds. The molecule has 3 nitrogen and oxygen atoms in total. The molecule has 0 fully saturated rings. The summed E-state index contributed by atoms with van der Waals surface area (Å²) in [7, 11) is 0. The lowest BCUT2D eigenvalue weighted by Gasteiger charge is -2.13. The van der Waals surface area contributed by atoms with Crippen molar-refractivity contribution in [1.29, 1.82) is 0 Å². The summed E-state index contributed by atoms with van der Waals surface area (Å²) in [4.78, 5) is 10.3. The largest absolute Gasteiger partial charge is 0.455 e. The zero-order chi connectivity index (χ0) is 32.3. The Balaban J connectivity index is 1.08. The summed E-state index contributed by atoms with van der Waals surface area (Å²) < 4.78 is 6.38. The van der Waals surface area contributed by atoms with Crippen LogP contribution in [0.15, 0.2) is 174 Å². The summed E-state index contributed by atoms with van der Waals surface area (Å²) in [6, 6.07) is 57.6. The van der Waals surface area contributed by atoms with Crippen LogP contribution in [0.2, 0.25) is 0 Å². The molecular formula is C46H28N2O. The van der Waals surface area contributed by atoms with E-state index in [1.807, 2.05) is 18.3 Å². The maximum Gasteiger partial charge on any atom is 0.143 e. The lowest BCUT2D eigenvalue weighted by atomic mass is 9.93. The predicted octanol–water partition coefficient (Wildman–Crippen LogP) is 12.5. The first-order valence-corrected chi connectivity index (χ1v) is 16.6. The van der Waals surface area contributed by atoms with Crippen molar-refractivity contribution in [3.63, 3.8) is 0 Å². The number of hydrogen-bond acceptors (Lipinski definition) is 3. The van der Waals surface area contributed by atoms with E-state index in [1.165, 1.54) is 10.8 Å². The van der Waals surface area contributed by atoms with Crippen molar-refractivity contribution >= 4 is 54.5 Å². The van der Waals surface area contributed by atoms with E-state index in [1.54, 1.807) is 0 Å². The molecule has 0 aliphatic rings. The van der Waals surface area contributed by atoms with Crippen LogP contribution in [0.1, 0.15) is 0 Å². The summed E-state index contributed by atoms with van der Waals surface area (Å²) in [5.74, 6) is 0. The molecule has 0 bridgehead atoms. The third-order valence-corrected chi connectivity index (χ3v) is 9.71. The highest BCUT2D eigenvalue weighted by Crippen LogP contribution is 2.39. The van der Waals surface area contributed by atoms with Gasteiger partial charge in [0.25, 0.3) is 0 Å². The number of benzene rings is 8. The van der Waals surface area contributed by atoms with Crippen molar-refractivity contribution < 1.29 is 4.42 Å². The van der Waals surface area contributed by atoms with E-state index in [-0.39, 0.29) is 0 Å². The summed E-state index contributed by atoms with van der Waals surface area (Å²) in [5.41, 5.74) is 12.3. The monoisotopic (exact) mass is 624 g/mol. The van der Waals surface area contributed by atoms with E-state index in [9.17, 15) is 0 Å². The number of nitrogens with zero attached hydrogens (tertiary/aromatic N) is 2. The molecule has 0 unspecified atom stereocenters. The number of para-hydroxylation sites is 2. The zero-order valence-electron chi connectivity index (χ0n) is 26.5. The fourth-order valence-corrected chi connectivity index (χ4v) is 7.42. The van der Waals surface area contributed by atoms with E-state index in [4.69, 9.17) is 14.4 Å². The SMILES string of the molecule is c1cc(-c2cccc(-c3cccc4c3oc3ccccc34)c2)cc(-c2ccccc2-c2cnc3c4ccccc4c4ccccc4c3n2)c1. The smallest absolute Gasteiger partial charge is 0.143 e. The Hall–Kier alpha value is -6.58. The zero-order valence-corrected chi connectivity index (χ0v) is 26.5. The average molecular weight is 625 g/mol. The van der Waals surface area contributed by atoms with Crippen LogP contribution in [0.4, 0.5) is 0 Å². The second-order valence-electron chi connectivity index (χ2n) is 12.5. The van der Waals surface area contributed by atoms with Gasteiger partial charge in [-0.1, -0.05) is 146 Å². The molecule has 10 rings (SSSR count). The highest BCUT2D eigenvalue weighted by atomic mass is 16.3. The normalized spacial score (nSPS) is 11.7. The van der Waals surface area contributed by atoms with E-state index in [2.05, 4.69) is 152 Å². The Morgan fingerprint density at radius 1 is 0.367 bits per heavy atom. The molecule has 2 heterocycles. The van der Waals surface area contributed by atoms with Crippen LogP contribution in [0.5, 0.6) is 0 Å². The molecule has 0 radical (unpaired) electrons. The molecule has 3 heteroatoms. The Morgan fingerprint density at radius 2 is 0.878 bits per heavy atom. The first-order chi connectivity index (χ1) is 24.3. The standard InChI is InChI=1S/C46H28N2O/c1-4-19-37(42-28-47-44-39-21-5-2-17-35(39)36-18-3-6-22-40(36)45(44)48-42)33(16-1)31-14-9-12-29(26-31)30-13-10-15-32(27-30)34-23-11-24-41-38-20-7-8-25-43(38)49-46(34)41/h1-28H.